The summed E-state index contributed by atoms with van der Waals surface area (Å²) >= 11 is 0. The first-order valence-electron chi connectivity index (χ1n) is 7.01. The highest BCUT2D eigenvalue weighted by molar-refractivity contribution is 6.08. The molecule has 1 heterocycles. The number of nitrogens with one attached hydrogen (secondary N) is 1. The monoisotopic (exact) mass is 274 g/mol. The van der Waals surface area contributed by atoms with Crippen molar-refractivity contribution in [3.8, 4) is 5.75 Å². The number of aromatic nitrogens is 1. The summed E-state index contributed by atoms with van der Waals surface area (Å²) in [5.74, 6) is 0.808. The number of ether oxygens (including phenoxy) is 1. The van der Waals surface area contributed by atoms with Gasteiger partial charge in [-0.1, -0.05) is 13.3 Å². The number of carbonyl (C=O) groups excluding carboxylic acids is 1. The minimum Gasteiger partial charge on any atom is -0.497 e. The number of unbranched alkanes of at least 4 members (excludes halogenated alkanes) is 1. The first kappa shape index (κ1) is 14.4. The van der Waals surface area contributed by atoms with E-state index in [2.05, 4.69) is 12.2 Å². The first-order chi connectivity index (χ1) is 9.60. The molecule has 0 aliphatic rings. The van der Waals surface area contributed by atoms with Gasteiger partial charge in [0.1, 0.15) is 5.75 Å². The number of hydrogen-bond acceptors (Lipinski definition) is 2. The standard InChI is InChI=1S/C16H22N2O2/c1-5-6-9-17-16(19)15-11(2)18(3)14-10-12(20-4)7-8-13(14)15/h7-8,10H,5-6,9H2,1-4H3,(H,17,19). The average molecular weight is 274 g/mol. The molecule has 2 rings (SSSR count). The van der Waals surface area contributed by atoms with Gasteiger partial charge in [0.05, 0.1) is 18.2 Å². The van der Waals surface area contributed by atoms with Crippen LogP contribution in [0, 0.1) is 6.92 Å². The molecule has 0 saturated carbocycles. The molecule has 0 bridgehead atoms. The number of carbonyl (C=O) groups is 1. The van der Waals surface area contributed by atoms with Crippen molar-refractivity contribution in [1.29, 1.82) is 0 Å². The number of hydrogen-bond donors (Lipinski definition) is 1. The topological polar surface area (TPSA) is 43.3 Å². The molecule has 0 aliphatic heterocycles. The van der Waals surface area contributed by atoms with Gasteiger partial charge in [0, 0.05) is 30.7 Å². The Balaban J connectivity index is 2.43. The molecular formula is C16H22N2O2. The maximum Gasteiger partial charge on any atom is 0.253 e. The van der Waals surface area contributed by atoms with Crippen molar-refractivity contribution >= 4 is 16.8 Å². The fraction of sp³-hybridized carbons (Fsp3) is 0.438. The highest BCUT2D eigenvalue weighted by Crippen LogP contribution is 2.28. The number of rotatable bonds is 5. The molecule has 0 saturated heterocycles. The number of nitrogens with zero attached hydrogens (tertiary/aromatic N) is 1. The van der Waals surface area contributed by atoms with E-state index in [0.29, 0.717) is 0 Å². The van der Waals surface area contributed by atoms with Crippen LogP contribution in [0.2, 0.25) is 0 Å². The van der Waals surface area contributed by atoms with Crippen LogP contribution in [0.15, 0.2) is 18.2 Å². The van der Waals surface area contributed by atoms with Crippen molar-refractivity contribution in [2.45, 2.75) is 26.7 Å². The summed E-state index contributed by atoms with van der Waals surface area (Å²) in [4.78, 5) is 12.4. The molecule has 1 aromatic heterocycles. The number of aryl methyl sites for hydroxylation is 1. The van der Waals surface area contributed by atoms with Gasteiger partial charge in [-0.3, -0.25) is 4.79 Å². The second-order valence-electron chi connectivity index (χ2n) is 5.01. The lowest BCUT2D eigenvalue weighted by Crippen LogP contribution is -2.24. The van der Waals surface area contributed by atoms with Gasteiger partial charge in [-0.25, -0.2) is 0 Å². The van der Waals surface area contributed by atoms with Crippen LogP contribution in [0.25, 0.3) is 10.9 Å². The zero-order valence-electron chi connectivity index (χ0n) is 12.6. The summed E-state index contributed by atoms with van der Waals surface area (Å²) < 4.78 is 7.29. The minimum atomic E-state index is 0.00622. The Morgan fingerprint density at radius 1 is 1.40 bits per heavy atom. The minimum absolute atomic E-state index is 0.00622. The molecule has 0 radical (unpaired) electrons. The van der Waals surface area contributed by atoms with Gasteiger partial charge in [0.15, 0.2) is 0 Å². The van der Waals surface area contributed by atoms with E-state index in [1.807, 2.05) is 36.7 Å². The van der Waals surface area contributed by atoms with Crippen LogP contribution in [0.3, 0.4) is 0 Å². The largest absolute Gasteiger partial charge is 0.497 e. The third-order valence-electron chi connectivity index (χ3n) is 3.74. The Morgan fingerprint density at radius 2 is 2.15 bits per heavy atom. The molecule has 0 aliphatic carbocycles. The molecule has 1 N–H and O–H groups in total. The Kier molecular flexibility index (Phi) is 4.32. The molecule has 2 aromatic rings. The lowest BCUT2D eigenvalue weighted by molar-refractivity contribution is 0.0954. The van der Waals surface area contributed by atoms with E-state index in [0.717, 1.165) is 47.3 Å². The molecule has 1 aromatic carbocycles. The molecule has 108 valence electrons. The second-order valence-corrected chi connectivity index (χ2v) is 5.01. The van der Waals surface area contributed by atoms with E-state index < -0.39 is 0 Å². The molecule has 0 atom stereocenters. The lowest BCUT2D eigenvalue weighted by atomic mass is 10.1. The van der Waals surface area contributed by atoms with E-state index in [-0.39, 0.29) is 5.91 Å². The summed E-state index contributed by atoms with van der Waals surface area (Å²) in [6.07, 6.45) is 2.08. The van der Waals surface area contributed by atoms with Gasteiger partial charge < -0.3 is 14.6 Å². The molecule has 20 heavy (non-hydrogen) atoms. The van der Waals surface area contributed by atoms with Crippen molar-refractivity contribution in [3.63, 3.8) is 0 Å². The third kappa shape index (κ3) is 2.50. The van der Waals surface area contributed by atoms with Crippen LogP contribution in [0.5, 0.6) is 5.75 Å². The van der Waals surface area contributed by atoms with Gasteiger partial charge >= 0.3 is 0 Å². The molecule has 0 spiro atoms. The van der Waals surface area contributed by atoms with Crippen molar-refractivity contribution in [2.75, 3.05) is 13.7 Å². The fourth-order valence-corrected chi connectivity index (χ4v) is 2.42. The van der Waals surface area contributed by atoms with E-state index in [9.17, 15) is 4.79 Å². The molecule has 1 amide bonds. The number of fused-ring (bicyclic) bond motifs is 1. The van der Waals surface area contributed by atoms with Crippen molar-refractivity contribution < 1.29 is 9.53 Å². The van der Waals surface area contributed by atoms with Gasteiger partial charge in [-0.05, 0) is 25.5 Å². The third-order valence-corrected chi connectivity index (χ3v) is 3.74. The quantitative estimate of drug-likeness (QED) is 0.852. The van der Waals surface area contributed by atoms with E-state index in [1.165, 1.54) is 0 Å². The smallest absolute Gasteiger partial charge is 0.253 e. The zero-order valence-corrected chi connectivity index (χ0v) is 12.6. The Morgan fingerprint density at radius 3 is 2.80 bits per heavy atom. The van der Waals surface area contributed by atoms with Gasteiger partial charge in [0.25, 0.3) is 5.91 Å². The summed E-state index contributed by atoms with van der Waals surface area (Å²) in [6, 6.07) is 5.81. The van der Waals surface area contributed by atoms with Crippen LogP contribution >= 0.6 is 0 Å². The molecule has 4 nitrogen and oxygen atoms in total. The summed E-state index contributed by atoms with van der Waals surface area (Å²) in [7, 11) is 3.62. The van der Waals surface area contributed by atoms with Gasteiger partial charge in [0.2, 0.25) is 0 Å². The van der Waals surface area contributed by atoms with Crippen LogP contribution in [-0.2, 0) is 7.05 Å². The summed E-state index contributed by atoms with van der Waals surface area (Å²) in [5, 5.41) is 3.96. The van der Waals surface area contributed by atoms with Crippen LogP contribution in [-0.4, -0.2) is 24.1 Å². The SMILES string of the molecule is CCCCNC(=O)c1c(C)n(C)c2cc(OC)ccc12. The van der Waals surface area contributed by atoms with E-state index >= 15 is 0 Å². The van der Waals surface area contributed by atoms with Crippen LogP contribution < -0.4 is 10.1 Å². The second kappa shape index (κ2) is 5.99. The molecule has 4 heteroatoms. The van der Waals surface area contributed by atoms with Crippen molar-refractivity contribution in [1.82, 2.24) is 9.88 Å². The maximum absolute atomic E-state index is 12.4. The zero-order chi connectivity index (χ0) is 14.7. The maximum atomic E-state index is 12.4. The van der Waals surface area contributed by atoms with Crippen LogP contribution in [0.1, 0.15) is 35.8 Å². The summed E-state index contributed by atoms with van der Waals surface area (Å²) in [6.45, 7) is 4.81. The Hall–Kier alpha value is -1.97. The first-order valence-corrected chi connectivity index (χ1v) is 7.01. The molecule has 0 unspecified atom stereocenters. The predicted molar refractivity (Wildman–Crippen MR) is 81.4 cm³/mol. The lowest BCUT2D eigenvalue weighted by Gasteiger charge is -2.05. The number of amides is 1. The van der Waals surface area contributed by atoms with E-state index in [1.54, 1.807) is 7.11 Å². The van der Waals surface area contributed by atoms with Crippen LogP contribution in [0.4, 0.5) is 0 Å². The van der Waals surface area contributed by atoms with Gasteiger partial charge in [-0.2, -0.15) is 0 Å². The highest BCUT2D eigenvalue weighted by Gasteiger charge is 2.18. The summed E-state index contributed by atoms with van der Waals surface area (Å²) in [5.41, 5.74) is 2.76. The fourth-order valence-electron chi connectivity index (χ4n) is 2.42. The Bertz CT molecular complexity index is 629. The van der Waals surface area contributed by atoms with Crippen molar-refractivity contribution in [3.05, 3.63) is 29.5 Å². The Labute approximate surface area is 119 Å². The number of benzene rings is 1. The number of methoxy groups -OCH3 is 1. The molecular weight excluding hydrogens is 252 g/mol. The van der Waals surface area contributed by atoms with Crippen molar-refractivity contribution in [2.24, 2.45) is 7.05 Å². The van der Waals surface area contributed by atoms with E-state index in [4.69, 9.17) is 4.74 Å². The highest BCUT2D eigenvalue weighted by atomic mass is 16.5. The predicted octanol–water partition coefficient (Wildman–Crippen LogP) is 3.03. The molecule has 0 fully saturated rings. The normalized spacial score (nSPS) is 10.8. The van der Waals surface area contributed by atoms with Gasteiger partial charge in [-0.15, -0.1) is 0 Å². The average Bonchev–Trinajstić information content (AvgIpc) is 2.71.